The van der Waals surface area contributed by atoms with Crippen LogP contribution in [0.15, 0.2) is 28.1 Å². The molecule has 1 aromatic carbocycles. The van der Waals surface area contributed by atoms with Crippen LogP contribution in [0.4, 0.5) is 0 Å². The molecule has 3 amide bonds. The number of nitrogens with two attached hydrogens (primary N) is 1. The second kappa shape index (κ2) is 7.33. The maximum atomic E-state index is 12.3. The van der Waals surface area contributed by atoms with Gasteiger partial charge in [-0.25, -0.2) is 13.6 Å². The lowest BCUT2D eigenvalue weighted by molar-refractivity contribution is -0.141. The van der Waals surface area contributed by atoms with Crippen molar-refractivity contribution in [2.75, 3.05) is 6.54 Å². The van der Waals surface area contributed by atoms with Crippen molar-refractivity contribution in [1.82, 2.24) is 9.47 Å². The lowest BCUT2D eigenvalue weighted by Gasteiger charge is -2.10. The second-order valence-electron chi connectivity index (χ2n) is 6.09. The maximum absolute atomic E-state index is 12.3. The molecule has 1 fully saturated rings. The Hall–Kier alpha value is -2.37. The summed E-state index contributed by atoms with van der Waals surface area (Å²) in [5, 5.41) is 5.17. The summed E-state index contributed by atoms with van der Waals surface area (Å²) < 4.78 is 25.5. The molecule has 27 heavy (non-hydrogen) atoms. The molecule has 0 bridgehead atoms. The Balaban J connectivity index is 2.02. The van der Waals surface area contributed by atoms with Crippen LogP contribution < -0.4 is 9.94 Å². The average molecular weight is 410 g/mol. The smallest absolute Gasteiger partial charge is 0.268 e. The summed E-state index contributed by atoms with van der Waals surface area (Å²) in [6.07, 6.45) is 0.996. The Morgan fingerprint density at radius 2 is 1.93 bits per heavy atom. The summed E-state index contributed by atoms with van der Waals surface area (Å²) in [5.74, 6) is -1.36. The fourth-order valence-corrected chi connectivity index (χ4v) is 4.56. The first-order chi connectivity index (χ1) is 12.7. The van der Waals surface area contributed by atoms with Gasteiger partial charge in [0.15, 0.2) is 4.80 Å². The highest BCUT2D eigenvalue weighted by Crippen LogP contribution is 2.21. The number of carbonyl (C=O) groups is 3. The average Bonchev–Trinajstić information content (AvgIpc) is 3.08. The molecule has 0 spiro atoms. The zero-order chi connectivity index (χ0) is 19.8. The fourth-order valence-electron chi connectivity index (χ4n) is 2.83. The highest BCUT2D eigenvalue weighted by Gasteiger charge is 2.30. The molecule has 0 radical (unpaired) electrons. The second-order valence-corrected chi connectivity index (χ2v) is 8.66. The van der Waals surface area contributed by atoms with Gasteiger partial charge in [-0.2, -0.15) is 4.99 Å². The number of likely N-dealkylation sites (tertiary alicyclic amines) is 1. The van der Waals surface area contributed by atoms with Gasteiger partial charge in [0.1, 0.15) is 6.54 Å². The van der Waals surface area contributed by atoms with Gasteiger partial charge in [-0.15, -0.1) is 0 Å². The van der Waals surface area contributed by atoms with Crippen molar-refractivity contribution in [1.29, 1.82) is 0 Å². The molecule has 1 aliphatic rings. The van der Waals surface area contributed by atoms with E-state index in [1.54, 1.807) is 10.6 Å². The minimum atomic E-state index is -3.84. The summed E-state index contributed by atoms with van der Waals surface area (Å²) in [4.78, 5) is 40.9. The van der Waals surface area contributed by atoms with E-state index >= 15 is 0 Å². The van der Waals surface area contributed by atoms with Crippen molar-refractivity contribution in [2.45, 2.75) is 37.6 Å². The standard InChI is InChI=1S/C16H18N4O5S2/c1-2-7-19-11-4-3-10(27(17,24)25)8-12(11)26-16(19)18-13(21)9-20-14(22)5-6-15(20)23/h3-4,8H,2,5-7,9H2,1H3,(H2,17,24,25). The Bertz CT molecular complexity index is 1100. The van der Waals surface area contributed by atoms with E-state index in [1.165, 1.54) is 12.1 Å². The molecule has 1 aliphatic heterocycles. The molecule has 2 aromatic rings. The number of carbonyl (C=O) groups excluding carboxylic acids is 3. The highest BCUT2D eigenvalue weighted by molar-refractivity contribution is 7.89. The van der Waals surface area contributed by atoms with E-state index in [4.69, 9.17) is 5.14 Å². The van der Waals surface area contributed by atoms with E-state index in [1.807, 2.05) is 6.92 Å². The Kier molecular flexibility index (Phi) is 5.27. The molecule has 11 heteroatoms. The van der Waals surface area contributed by atoms with E-state index in [-0.39, 0.29) is 36.1 Å². The molecule has 2 heterocycles. The van der Waals surface area contributed by atoms with E-state index in [9.17, 15) is 22.8 Å². The number of rotatable bonds is 5. The van der Waals surface area contributed by atoms with Crippen LogP contribution in [0.1, 0.15) is 26.2 Å². The van der Waals surface area contributed by atoms with Gasteiger partial charge in [0.25, 0.3) is 5.91 Å². The van der Waals surface area contributed by atoms with Crippen molar-refractivity contribution < 1.29 is 22.8 Å². The lowest BCUT2D eigenvalue weighted by Crippen LogP contribution is -2.34. The zero-order valence-electron chi connectivity index (χ0n) is 14.5. The topological polar surface area (TPSA) is 132 Å². The van der Waals surface area contributed by atoms with Crippen molar-refractivity contribution in [3.05, 3.63) is 23.0 Å². The molecule has 3 rings (SSSR count). The van der Waals surface area contributed by atoms with E-state index in [0.29, 0.717) is 16.0 Å². The van der Waals surface area contributed by atoms with Gasteiger partial charge in [0.2, 0.25) is 21.8 Å². The number of hydrogen-bond acceptors (Lipinski definition) is 6. The number of hydrogen-bond donors (Lipinski definition) is 1. The minimum Gasteiger partial charge on any atom is -0.316 e. The number of fused-ring (bicyclic) bond motifs is 1. The molecule has 144 valence electrons. The SMILES string of the molecule is CCCn1c(=NC(=O)CN2C(=O)CCC2=O)sc2cc(S(N)(=O)=O)ccc21. The van der Waals surface area contributed by atoms with E-state index in [2.05, 4.69) is 4.99 Å². The monoisotopic (exact) mass is 410 g/mol. The van der Waals surface area contributed by atoms with Gasteiger partial charge in [0.05, 0.1) is 15.1 Å². The van der Waals surface area contributed by atoms with Crippen LogP contribution in [0.2, 0.25) is 0 Å². The van der Waals surface area contributed by atoms with E-state index < -0.39 is 15.9 Å². The minimum absolute atomic E-state index is 0.0222. The third kappa shape index (κ3) is 3.99. The molecular weight excluding hydrogens is 392 g/mol. The summed E-state index contributed by atoms with van der Waals surface area (Å²) in [5.41, 5.74) is 0.731. The molecule has 1 saturated heterocycles. The van der Waals surface area contributed by atoms with Gasteiger partial charge in [0, 0.05) is 19.4 Å². The van der Waals surface area contributed by atoms with Crippen LogP contribution in [0.3, 0.4) is 0 Å². The van der Waals surface area contributed by atoms with Gasteiger partial charge in [-0.3, -0.25) is 19.3 Å². The fraction of sp³-hybridized carbons (Fsp3) is 0.375. The summed E-state index contributed by atoms with van der Waals surface area (Å²) in [6.45, 7) is 2.14. The van der Waals surface area contributed by atoms with Gasteiger partial charge < -0.3 is 4.57 Å². The summed E-state index contributed by atoms with van der Waals surface area (Å²) >= 11 is 1.15. The Morgan fingerprint density at radius 1 is 1.26 bits per heavy atom. The lowest BCUT2D eigenvalue weighted by atomic mass is 10.3. The van der Waals surface area contributed by atoms with E-state index in [0.717, 1.165) is 28.2 Å². The first kappa shape index (κ1) is 19.4. The quantitative estimate of drug-likeness (QED) is 0.710. The number of thiazole rings is 1. The number of aromatic nitrogens is 1. The van der Waals surface area contributed by atoms with Crippen LogP contribution in [0, 0.1) is 0 Å². The van der Waals surface area contributed by atoms with Gasteiger partial charge in [-0.05, 0) is 24.6 Å². The molecule has 0 aliphatic carbocycles. The number of imide groups is 1. The van der Waals surface area contributed by atoms with Gasteiger partial charge >= 0.3 is 0 Å². The number of sulfonamides is 1. The first-order valence-electron chi connectivity index (χ1n) is 8.27. The highest BCUT2D eigenvalue weighted by atomic mass is 32.2. The van der Waals surface area contributed by atoms with Crippen molar-refractivity contribution in [2.24, 2.45) is 10.1 Å². The molecule has 0 saturated carbocycles. The largest absolute Gasteiger partial charge is 0.316 e. The number of aryl methyl sites for hydroxylation is 1. The number of primary sulfonamides is 1. The predicted molar refractivity (Wildman–Crippen MR) is 98.0 cm³/mol. The third-order valence-electron chi connectivity index (χ3n) is 4.10. The van der Waals surface area contributed by atoms with Crippen LogP contribution in [0.5, 0.6) is 0 Å². The first-order valence-corrected chi connectivity index (χ1v) is 10.6. The van der Waals surface area contributed by atoms with Crippen molar-refractivity contribution in [3.63, 3.8) is 0 Å². The Labute approximate surface area is 159 Å². The molecule has 1 aromatic heterocycles. The van der Waals surface area contributed by atoms with Gasteiger partial charge in [-0.1, -0.05) is 18.3 Å². The third-order valence-corrected chi connectivity index (χ3v) is 6.05. The number of nitrogens with zero attached hydrogens (tertiary/aromatic N) is 3. The molecule has 0 atom stereocenters. The van der Waals surface area contributed by atoms with Crippen LogP contribution in [0.25, 0.3) is 10.2 Å². The molecular formula is C16H18N4O5S2. The predicted octanol–water partition coefficient (Wildman–Crippen LogP) is 0.337. The normalized spacial score (nSPS) is 15.9. The van der Waals surface area contributed by atoms with Crippen LogP contribution in [-0.2, 0) is 31.0 Å². The maximum Gasteiger partial charge on any atom is 0.268 e. The van der Waals surface area contributed by atoms with Crippen molar-refractivity contribution in [3.8, 4) is 0 Å². The molecule has 2 N–H and O–H groups in total. The summed E-state index contributed by atoms with van der Waals surface area (Å²) in [7, 11) is -3.84. The number of amides is 3. The Morgan fingerprint density at radius 3 is 2.52 bits per heavy atom. The summed E-state index contributed by atoms with van der Waals surface area (Å²) in [6, 6.07) is 4.47. The van der Waals surface area contributed by atoms with Crippen molar-refractivity contribution >= 4 is 49.3 Å². The van der Waals surface area contributed by atoms with Crippen LogP contribution in [-0.4, -0.2) is 42.2 Å². The van der Waals surface area contributed by atoms with Crippen LogP contribution >= 0.6 is 11.3 Å². The number of benzene rings is 1. The molecule has 0 unspecified atom stereocenters. The zero-order valence-corrected chi connectivity index (χ0v) is 16.2. The molecule has 9 nitrogen and oxygen atoms in total.